The van der Waals surface area contributed by atoms with Gasteiger partial charge in [0.25, 0.3) is 0 Å². The van der Waals surface area contributed by atoms with Crippen molar-refractivity contribution in [3.63, 3.8) is 0 Å². The normalized spacial score (nSPS) is 14.6. The molecule has 0 aliphatic carbocycles. The summed E-state index contributed by atoms with van der Waals surface area (Å²) in [6, 6.07) is 0. The first kappa shape index (κ1) is 29.4. The Morgan fingerprint density at radius 1 is 0.645 bits per heavy atom. The molecule has 0 saturated heterocycles. The van der Waals surface area contributed by atoms with Crippen LogP contribution in [0, 0.1) is 5.92 Å². The molecule has 0 aromatic carbocycles. The average molecular weight is 427 g/mol. The van der Waals surface area contributed by atoms with Gasteiger partial charge < -0.3 is 5.11 Å². The first-order valence-corrected chi connectivity index (χ1v) is 12.2. The van der Waals surface area contributed by atoms with Crippen LogP contribution in [0.1, 0.15) is 106 Å². The molecular weight excluding hydrogens is 376 g/mol. The van der Waals surface area contributed by atoms with Crippen LogP contribution >= 0.6 is 0 Å². The minimum absolute atomic E-state index is 0.147. The van der Waals surface area contributed by atoms with Crippen molar-refractivity contribution in [1.29, 1.82) is 0 Å². The molecule has 0 saturated carbocycles. The van der Waals surface area contributed by atoms with Crippen molar-refractivity contribution in [3.8, 4) is 0 Å². The van der Waals surface area contributed by atoms with E-state index in [0.29, 0.717) is 5.92 Å². The fourth-order valence-corrected chi connectivity index (χ4v) is 3.56. The Labute approximate surface area is 194 Å². The molecule has 1 heteroatoms. The largest absolute Gasteiger partial charge is 0.392 e. The first-order valence-electron chi connectivity index (χ1n) is 12.2. The van der Waals surface area contributed by atoms with Crippen LogP contribution in [-0.4, -0.2) is 11.7 Å². The summed E-state index contributed by atoms with van der Waals surface area (Å²) in [4.78, 5) is 0. The zero-order valence-corrected chi connectivity index (χ0v) is 21.7. The van der Waals surface area contributed by atoms with E-state index >= 15 is 0 Å². The van der Waals surface area contributed by atoms with Gasteiger partial charge >= 0.3 is 0 Å². The Bertz CT molecular complexity index is 663. The molecule has 0 fully saturated rings. The Morgan fingerprint density at radius 3 is 1.58 bits per heavy atom. The molecule has 0 aliphatic rings. The number of allylic oxidation sites excluding steroid dienone is 10. The molecule has 0 bridgehead atoms. The van der Waals surface area contributed by atoms with Crippen LogP contribution in [0.25, 0.3) is 0 Å². The maximum absolute atomic E-state index is 8.94. The lowest BCUT2D eigenvalue weighted by atomic mass is 9.90. The molecule has 0 aromatic rings. The van der Waals surface area contributed by atoms with Gasteiger partial charge in [-0.25, -0.2) is 0 Å². The highest BCUT2D eigenvalue weighted by Crippen LogP contribution is 2.24. The monoisotopic (exact) mass is 426 g/mol. The van der Waals surface area contributed by atoms with Crippen LogP contribution < -0.4 is 0 Å². The molecule has 0 spiro atoms. The van der Waals surface area contributed by atoms with Crippen LogP contribution in [0.15, 0.2) is 70.4 Å². The molecule has 0 aliphatic heterocycles. The second kappa shape index (κ2) is 18.0. The summed E-state index contributed by atoms with van der Waals surface area (Å²) >= 11 is 0. The van der Waals surface area contributed by atoms with Gasteiger partial charge in [-0.05, 0) is 112 Å². The highest BCUT2D eigenvalue weighted by atomic mass is 16.2. The molecule has 0 rings (SSSR count). The molecule has 31 heavy (non-hydrogen) atoms. The molecule has 0 aromatic heterocycles. The van der Waals surface area contributed by atoms with Gasteiger partial charge in [0.1, 0.15) is 0 Å². The Kier molecular flexibility index (Phi) is 17.1. The number of aliphatic hydroxyl groups excluding tert-OH is 1. The standard InChI is InChI=1S/C30H50O/c1-24(2)12-9-13-26(5)14-10-15-27(6)18-20-30(25(3)4)21-19-28(7)16-11-17-29(8)22-23-31/h12,14,16,18,22,30-31H,3,9-11,13,15,17,19-21,23H2,1-2,4-8H3/b26-14+,27-18+,28-16+,29-22+. The first-order chi connectivity index (χ1) is 14.6. The highest BCUT2D eigenvalue weighted by molar-refractivity contribution is 5.09. The SMILES string of the molecule is C=C(C)C(C/C=C(\C)CC/C=C(\C)CCC=C(C)C)CC/C(C)=C/CC/C(C)=C/CO. The van der Waals surface area contributed by atoms with Gasteiger partial charge in [-0.15, -0.1) is 0 Å². The van der Waals surface area contributed by atoms with Gasteiger partial charge in [-0.1, -0.05) is 70.4 Å². The van der Waals surface area contributed by atoms with Crippen LogP contribution in [-0.2, 0) is 0 Å². The zero-order chi connectivity index (χ0) is 23.6. The van der Waals surface area contributed by atoms with E-state index in [4.69, 9.17) is 5.11 Å². The third kappa shape index (κ3) is 17.7. The van der Waals surface area contributed by atoms with Crippen molar-refractivity contribution in [2.45, 2.75) is 106 Å². The summed E-state index contributed by atoms with van der Waals surface area (Å²) in [6.07, 6.45) is 21.6. The smallest absolute Gasteiger partial charge is 0.0614 e. The van der Waals surface area contributed by atoms with E-state index in [1.54, 1.807) is 0 Å². The van der Waals surface area contributed by atoms with Crippen molar-refractivity contribution in [3.05, 3.63) is 70.4 Å². The number of aliphatic hydroxyl groups is 1. The predicted molar refractivity (Wildman–Crippen MR) is 141 cm³/mol. The molecular formula is C30H50O. The molecule has 0 radical (unpaired) electrons. The van der Waals surface area contributed by atoms with Crippen LogP contribution in [0.3, 0.4) is 0 Å². The Balaban J connectivity index is 4.44. The van der Waals surface area contributed by atoms with E-state index < -0.39 is 0 Å². The quantitative estimate of drug-likeness (QED) is 0.244. The second-order valence-electron chi connectivity index (χ2n) is 9.60. The molecule has 0 amide bonds. The minimum atomic E-state index is 0.147. The molecule has 1 atom stereocenters. The number of hydrogen-bond acceptors (Lipinski definition) is 1. The predicted octanol–water partition coefficient (Wildman–Crippen LogP) is 9.43. The van der Waals surface area contributed by atoms with Crippen molar-refractivity contribution >= 4 is 0 Å². The molecule has 1 unspecified atom stereocenters. The molecule has 176 valence electrons. The lowest BCUT2D eigenvalue weighted by molar-refractivity contribution is 0.341. The van der Waals surface area contributed by atoms with Crippen LogP contribution in [0.2, 0.25) is 0 Å². The minimum Gasteiger partial charge on any atom is -0.392 e. The summed E-state index contributed by atoms with van der Waals surface area (Å²) in [5, 5.41) is 8.94. The Morgan fingerprint density at radius 2 is 1.10 bits per heavy atom. The van der Waals surface area contributed by atoms with Crippen molar-refractivity contribution in [2.75, 3.05) is 6.61 Å². The third-order valence-electron chi connectivity index (χ3n) is 5.93. The summed E-state index contributed by atoms with van der Waals surface area (Å²) in [5.41, 5.74) is 8.46. The average Bonchev–Trinajstić information content (AvgIpc) is 2.67. The number of rotatable bonds is 16. The van der Waals surface area contributed by atoms with Gasteiger partial charge in [0.2, 0.25) is 0 Å². The second-order valence-corrected chi connectivity index (χ2v) is 9.60. The highest BCUT2D eigenvalue weighted by Gasteiger charge is 2.08. The number of hydrogen-bond donors (Lipinski definition) is 1. The van der Waals surface area contributed by atoms with Gasteiger partial charge in [0.15, 0.2) is 0 Å². The van der Waals surface area contributed by atoms with E-state index in [9.17, 15) is 0 Å². The van der Waals surface area contributed by atoms with E-state index in [0.717, 1.165) is 44.9 Å². The van der Waals surface area contributed by atoms with Gasteiger partial charge in [-0.2, -0.15) is 0 Å². The van der Waals surface area contributed by atoms with Crippen molar-refractivity contribution < 1.29 is 5.11 Å². The van der Waals surface area contributed by atoms with Crippen LogP contribution in [0.5, 0.6) is 0 Å². The fraction of sp³-hybridized carbons (Fsp3) is 0.600. The van der Waals surface area contributed by atoms with Crippen molar-refractivity contribution in [2.24, 2.45) is 5.92 Å². The van der Waals surface area contributed by atoms with E-state index in [1.807, 2.05) is 6.08 Å². The van der Waals surface area contributed by atoms with Crippen LogP contribution in [0.4, 0.5) is 0 Å². The van der Waals surface area contributed by atoms with E-state index in [1.165, 1.54) is 46.3 Å². The van der Waals surface area contributed by atoms with Gasteiger partial charge in [-0.3, -0.25) is 0 Å². The molecule has 1 N–H and O–H groups in total. The topological polar surface area (TPSA) is 20.2 Å². The summed E-state index contributed by atoms with van der Waals surface area (Å²) < 4.78 is 0. The Hall–Kier alpha value is -1.60. The molecule has 1 nitrogen and oxygen atoms in total. The lowest BCUT2D eigenvalue weighted by Gasteiger charge is -2.16. The molecule has 0 heterocycles. The van der Waals surface area contributed by atoms with Gasteiger partial charge in [0, 0.05) is 0 Å². The fourth-order valence-electron chi connectivity index (χ4n) is 3.56. The third-order valence-corrected chi connectivity index (χ3v) is 5.93. The van der Waals surface area contributed by atoms with E-state index in [2.05, 4.69) is 79.3 Å². The maximum atomic E-state index is 8.94. The lowest BCUT2D eigenvalue weighted by Crippen LogP contribution is -2.01. The zero-order valence-electron chi connectivity index (χ0n) is 21.7. The van der Waals surface area contributed by atoms with Crippen molar-refractivity contribution in [1.82, 2.24) is 0 Å². The van der Waals surface area contributed by atoms with Gasteiger partial charge in [0.05, 0.1) is 6.61 Å². The summed E-state index contributed by atoms with van der Waals surface area (Å²) in [7, 11) is 0. The maximum Gasteiger partial charge on any atom is 0.0614 e. The van der Waals surface area contributed by atoms with E-state index in [-0.39, 0.29) is 6.61 Å². The summed E-state index contributed by atoms with van der Waals surface area (Å²) in [5.74, 6) is 0.565. The summed E-state index contributed by atoms with van der Waals surface area (Å²) in [6.45, 7) is 19.8.